The number of anilines is 1. The number of Topliss-reactive ketones (excluding diaryl/α,β-unsaturated/α-hetero) is 1. The summed E-state index contributed by atoms with van der Waals surface area (Å²) in [5, 5.41) is 3.19. The average Bonchev–Trinajstić information content (AvgIpc) is 3.36. The van der Waals surface area contributed by atoms with Crippen molar-refractivity contribution in [3.63, 3.8) is 0 Å². The maximum atomic E-state index is 15.0. The van der Waals surface area contributed by atoms with Gasteiger partial charge in [0, 0.05) is 18.9 Å². The molecule has 0 aromatic heterocycles. The Morgan fingerprint density at radius 1 is 1.12 bits per heavy atom. The summed E-state index contributed by atoms with van der Waals surface area (Å²) in [6.07, 6.45) is -0.980. The van der Waals surface area contributed by atoms with E-state index in [0.29, 0.717) is 25.9 Å². The van der Waals surface area contributed by atoms with Crippen LogP contribution in [0.4, 0.5) is 14.9 Å². The van der Waals surface area contributed by atoms with Gasteiger partial charge in [-0.05, 0) is 37.7 Å². The second-order valence-corrected chi connectivity index (χ2v) is 10.1. The van der Waals surface area contributed by atoms with Crippen LogP contribution in [0.5, 0.6) is 5.75 Å². The highest BCUT2D eigenvalue weighted by Crippen LogP contribution is 2.30. The zero-order valence-corrected chi connectivity index (χ0v) is 22.8. The molecule has 2 heterocycles. The number of carbonyl (C=O) groups excluding carboxylic acids is 4. The second-order valence-electron chi connectivity index (χ2n) is 10.1. The molecular weight excluding hydrogens is 537 g/mol. The first-order valence-electron chi connectivity index (χ1n) is 13.4. The Hall–Kier alpha value is -4.03. The van der Waals surface area contributed by atoms with E-state index in [4.69, 9.17) is 24.7 Å². The van der Waals surface area contributed by atoms with Crippen LogP contribution in [0.25, 0.3) is 0 Å². The number of nitrogens with two attached hydrogens (primary N) is 1. The number of ketones is 1. The number of halogens is 1. The minimum atomic E-state index is -1.00. The molecule has 2 aromatic rings. The Kier molecular flexibility index (Phi) is 9.90. The standard InChI is InChI=1S/C29H34FN3O8/c1-19(34)27(31)24-16-33(28(37)40-24)21-7-8-23(22(30)15-21)39-18-29(11-13-32-14-12-29)41-26(36)10-9-25(35)38-17-20-5-3-2-4-6-20/h2-8,15,24,27,32H,9-14,16-18,31H2,1H3/t24-,27?/m0/s1. The number of cyclic esters (lactones) is 1. The molecule has 0 radical (unpaired) electrons. The van der Waals surface area contributed by atoms with Crippen molar-refractivity contribution in [3.8, 4) is 5.75 Å². The van der Waals surface area contributed by atoms with Crippen molar-refractivity contribution < 1.29 is 42.5 Å². The first-order valence-corrected chi connectivity index (χ1v) is 13.4. The van der Waals surface area contributed by atoms with E-state index in [1.165, 1.54) is 24.0 Å². The molecule has 12 heteroatoms. The first kappa shape index (κ1) is 29.9. The molecule has 2 saturated heterocycles. The first-order chi connectivity index (χ1) is 19.7. The fourth-order valence-corrected chi connectivity index (χ4v) is 4.59. The minimum Gasteiger partial charge on any atom is -0.486 e. The van der Waals surface area contributed by atoms with Gasteiger partial charge in [0.05, 0.1) is 25.1 Å². The summed E-state index contributed by atoms with van der Waals surface area (Å²) in [6, 6.07) is 12.2. The summed E-state index contributed by atoms with van der Waals surface area (Å²) in [4.78, 5) is 49.8. The molecule has 0 spiro atoms. The molecule has 2 aliphatic heterocycles. The predicted molar refractivity (Wildman–Crippen MR) is 145 cm³/mol. The second kappa shape index (κ2) is 13.6. The molecule has 0 aliphatic carbocycles. The van der Waals surface area contributed by atoms with Crippen LogP contribution in [-0.2, 0) is 35.2 Å². The molecule has 11 nitrogen and oxygen atoms in total. The van der Waals surface area contributed by atoms with Crippen molar-refractivity contribution in [1.82, 2.24) is 5.32 Å². The Morgan fingerprint density at radius 3 is 2.51 bits per heavy atom. The third-order valence-corrected chi connectivity index (χ3v) is 7.04. The summed E-state index contributed by atoms with van der Waals surface area (Å²) < 4.78 is 36.9. The van der Waals surface area contributed by atoms with Gasteiger partial charge in [0.25, 0.3) is 0 Å². The van der Waals surface area contributed by atoms with Crippen LogP contribution < -0.4 is 20.7 Å². The van der Waals surface area contributed by atoms with Gasteiger partial charge >= 0.3 is 18.0 Å². The molecule has 0 bridgehead atoms. The quantitative estimate of drug-likeness (QED) is 0.288. The number of nitrogens with one attached hydrogen (secondary N) is 1. The summed E-state index contributed by atoms with van der Waals surface area (Å²) in [5.41, 5.74) is 5.86. The third-order valence-electron chi connectivity index (χ3n) is 7.04. The highest BCUT2D eigenvalue weighted by Gasteiger charge is 2.39. The van der Waals surface area contributed by atoms with Crippen LogP contribution in [0.3, 0.4) is 0 Å². The lowest BCUT2D eigenvalue weighted by Crippen LogP contribution is -2.49. The topological polar surface area (TPSA) is 146 Å². The third kappa shape index (κ3) is 8.01. The molecule has 41 heavy (non-hydrogen) atoms. The highest BCUT2D eigenvalue weighted by molar-refractivity contribution is 5.91. The number of rotatable bonds is 12. The number of nitrogens with zero attached hydrogens (tertiary/aromatic N) is 1. The van der Waals surface area contributed by atoms with Gasteiger partial charge in [-0.3, -0.25) is 19.3 Å². The van der Waals surface area contributed by atoms with Gasteiger partial charge in [-0.15, -0.1) is 0 Å². The van der Waals surface area contributed by atoms with Crippen molar-refractivity contribution in [2.45, 2.75) is 57.0 Å². The minimum absolute atomic E-state index is 0.00504. The van der Waals surface area contributed by atoms with Gasteiger partial charge in [-0.2, -0.15) is 0 Å². The van der Waals surface area contributed by atoms with E-state index in [0.717, 1.165) is 11.6 Å². The fourth-order valence-electron chi connectivity index (χ4n) is 4.59. The Bertz CT molecular complexity index is 1250. The maximum Gasteiger partial charge on any atom is 0.414 e. The smallest absolute Gasteiger partial charge is 0.414 e. The number of ether oxygens (including phenoxy) is 4. The van der Waals surface area contributed by atoms with Gasteiger partial charge in [0.15, 0.2) is 11.6 Å². The van der Waals surface area contributed by atoms with E-state index < -0.39 is 41.6 Å². The number of hydrogen-bond donors (Lipinski definition) is 2. The van der Waals surface area contributed by atoms with Crippen LogP contribution in [0.1, 0.15) is 38.2 Å². The molecule has 220 valence electrons. The largest absolute Gasteiger partial charge is 0.486 e. The van der Waals surface area contributed by atoms with E-state index >= 15 is 4.39 Å². The van der Waals surface area contributed by atoms with E-state index in [2.05, 4.69) is 5.32 Å². The SMILES string of the molecule is CC(=O)C(N)[C@@H]1CN(c2ccc(OCC3(OC(=O)CCC(=O)OCc4ccccc4)CCNCC3)c(F)c2)C(=O)O1. The van der Waals surface area contributed by atoms with Crippen LogP contribution in [0.2, 0.25) is 0 Å². The lowest BCUT2D eigenvalue weighted by Gasteiger charge is -2.36. The molecule has 2 atom stereocenters. The molecule has 2 aliphatic rings. The number of esters is 2. The van der Waals surface area contributed by atoms with Crippen molar-refractivity contribution in [1.29, 1.82) is 0 Å². The molecule has 1 unspecified atom stereocenters. The van der Waals surface area contributed by atoms with Crippen LogP contribution in [0.15, 0.2) is 48.5 Å². The van der Waals surface area contributed by atoms with E-state index in [1.54, 1.807) is 0 Å². The zero-order valence-electron chi connectivity index (χ0n) is 22.8. The van der Waals surface area contributed by atoms with Crippen molar-refractivity contribution in [2.75, 3.05) is 31.1 Å². The van der Waals surface area contributed by atoms with E-state index in [9.17, 15) is 19.2 Å². The van der Waals surface area contributed by atoms with Crippen molar-refractivity contribution in [3.05, 3.63) is 59.9 Å². The van der Waals surface area contributed by atoms with Gasteiger partial charge in [0.1, 0.15) is 36.7 Å². The lowest BCUT2D eigenvalue weighted by atomic mass is 9.93. The molecule has 1 amide bonds. The Morgan fingerprint density at radius 2 is 1.83 bits per heavy atom. The number of benzene rings is 2. The zero-order chi connectivity index (χ0) is 29.4. The van der Waals surface area contributed by atoms with Gasteiger partial charge in [-0.1, -0.05) is 30.3 Å². The molecule has 2 fully saturated rings. The lowest BCUT2D eigenvalue weighted by molar-refractivity contribution is -0.168. The van der Waals surface area contributed by atoms with Gasteiger partial charge < -0.3 is 30.0 Å². The Labute approximate surface area is 237 Å². The molecule has 2 aromatic carbocycles. The summed E-state index contributed by atoms with van der Waals surface area (Å²) in [6.45, 7) is 2.46. The molecule has 4 rings (SSSR count). The van der Waals surface area contributed by atoms with Crippen molar-refractivity contribution >= 4 is 29.5 Å². The molecular formula is C29H34FN3O8. The van der Waals surface area contributed by atoms with Crippen molar-refractivity contribution in [2.24, 2.45) is 5.73 Å². The molecule has 3 N–H and O–H groups in total. The predicted octanol–water partition coefficient (Wildman–Crippen LogP) is 2.63. The normalized spacial score (nSPS) is 18.8. The summed E-state index contributed by atoms with van der Waals surface area (Å²) >= 11 is 0. The fraction of sp³-hybridized carbons (Fsp3) is 0.448. The van der Waals surface area contributed by atoms with E-state index in [-0.39, 0.29) is 49.8 Å². The number of hydrogen-bond acceptors (Lipinski definition) is 10. The monoisotopic (exact) mass is 571 g/mol. The van der Waals surface area contributed by atoms with Gasteiger partial charge in [-0.25, -0.2) is 9.18 Å². The highest BCUT2D eigenvalue weighted by atomic mass is 19.1. The Balaban J connectivity index is 1.31. The van der Waals surface area contributed by atoms with Crippen LogP contribution in [-0.4, -0.2) is 67.8 Å². The number of amides is 1. The average molecular weight is 572 g/mol. The number of piperidine rings is 1. The van der Waals surface area contributed by atoms with Gasteiger partial charge in [0.2, 0.25) is 0 Å². The summed E-state index contributed by atoms with van der Waals surface area (Å²) in [5.74, 6) is -2.23. The maximum absolute atomic E-state index is 15.0. The molecule has 0 saturated carbocycles. The number of carbonyl (C=O) groups is 4. The van der Waals surface area contributed by atoms with E-state index in [1.807, 2.05) is 30.3 Å². The van der Waals surface area contributed by atoms with Crippen LogP contribution in [0, 0.1) is 5.82 Å². The van der Waals surface area contributed by atoms with Crippen LogP contribution >= 0.6 is 0 Å². The summed E-state index contributed by atoms with van der Waals surface area (Å²) in [7, 11) is 0.